The minimum atomic E-state index is -0.344. The van der Waals surface area contributed by atoms with Gasteiger partial charge in [0.2, 0.25) is 0 Å². The van der Waals surface area contributed by atoms with E-state index in [4.69, 9.17) is 4.74 Å². The highest BCUT2D eigenvalue weighted by molar-refractivity contribution is 5.94. The third-order valence-corrected chi connectivity index (χ3v) is 4.73. The van der Waals surface area contributed by atoms with Gasteiger partial charge in [0.15, 0.2) is 0 Å². The monoisotopic (exact) mass is 374 g/mol. The number of benzene rings is 2. The molecule has 1 N–H and O–H groups in total. The van der Waals surface area contributed by atoms with E-state index in [0.29, 0.717) is 17.9 Å². The van der Waals surface area contributed by atoms with E-state index in [0.717, 1.165) is 38.9 Å². The molecule has 6 heteroatoms. The molecule has 0 atom stereocenters. The number of hydrogen-bond acceptors (Lipinski definition) is 3. The van der Waals surface area contributed by atoms with Crippen LogP contribution in [0, 0.1) is 11.6 Å². The molecule has 144 valence electrons. The topological polar surface area (TPSA) is 41.6 Å². The van der Waals surface area contributed by atoms with Gasteiger partial charge < -0.3 is 15.0 Å². The van der Waals surface area contributed by atoms with Crippen LogP contribution in [0.1, 0.15) is 29.6 Å². The Labute approximate surface area is 158 Å². The summed E-state index contributed by atoms with van der Waals surface area (Å²) in [5, 5.41) is 3.03. The van der Waals surface area contributed by atoms with Crippen LogP contribution < -0.4 is 10.1 Å². The van der Waals surface area contributed by atoms with E-state index in [1.54, 1.807) is 12.1 Å². The van der Waals surface area contributed by atoms with Gasteiger partial charge in [0.05, 0.1) is 6.61 Å². The van der Waals surface area contributed by atoms with Gasteiger partial charge in [0, 0.05) is 31.2 Å². The van der Waals surface area contributed by atoms with E-state index in [1.165, 1.54) is 36.4 Å². The van der Waals surface area contributed by atoms with Gasteiger partial charge in [0.25, 0.3) is 5.91 Å². The maximum absolute atomic E-state index is 12.9. The van der Waals surface area contributed by atoms with Crippen LogP contribution in [0.5, 0.6) is 5.75 Å². The van der Waals surface area contributed by atoms with Gasteiger partial charge in [-0.1, -0.05) is 0 Å². The molecule has 1 fully saturated rings. The number of hydrogen-bond donors (Lipinski definition) is 1. The molecular weight excluding hydrogens is 350 g/mol. The first kappa shape index (κ1) is 19.3. The first-order chi connectivity index (χ1) is 13.1. The molecular formula is C21H24F2N2O2. The molecule has 1 aliphatic heterocycles. The first-order valence-corrected chi connectivity index (χ1v) is 9.27. The van der Waals surface area contributed by atoms with Crippen molar-refractivity contribution < 1.29 is 18.3 Å². The second-order valence-electron chi connectivity index (χ2n) is 6.75. The molecule has 2 aromatic carbocycles. The number of piperidine rings is 1. The zero-order valence-corrected chi connectivity index (χ0v) is 15.2. The summed E-state index contributed by atoms with van der Waals surface area (Å²) >= 11 is 0. The summed E-state index contributed by atoms with van der Waals surface area (Å²) in [7, 11) is 0. The maximum atomic E-state index is 12.9. The van der Waals surface area contributed by atoms with E-state index >= 15 is 0 Å². The van der Waals surface area contributed by atoms with Crippen LogP contribution in [-0.4, -0.2) is 43.1 Å². The van der Waals surface area contributed by atoms with Crippen LogP contribution in [0.4, 0.5) is 8.78 Å². The molecule has 1 heterocycles. The predicted octanol–water partition coefficient (Wildman–Crippen LogP) is 3.63. The van der Waals surface area contributed by atoms with Crippen LogP contribution in [0.2, 0.25) is 0 Å². The molecule has 0 saturated carbocycles. The molecule has 0 aromatic heterocycles. The Morgan fingerprint density at radius 3 is 2.22 bits per heavy atom. The Morgan fingerprint density at radius 2 is 1.59 bits per heavy atom. The maximum Gasteiger partial charge on any atom is 0.251 e. The van der Waals surface area contributed by atoms with Gasteiger partial charge in [-0.25, -0.2) is 8.78 Å². The fraction of sp³-hybridized carbons (Fsp3) is 0.381. The molecule has 1 aliphatic rings. The molecule has 0 radical (unpaired) electrons. The van der Waals surface area contributed by atoms with Crippen LogP contribution in [0.3, 0.4) is 0 Å². The molecule has 0 bridgehead atoms. The van der Waals surface area contributed by atoms with Crippen molar-refractivity contribution in [2.45, 2.75) is 25.3 Å². The SMILES string of the molecule is O=C(NC1CCN(CCCOc2ccc(F)cc2)CC1)c1ccc(F)cc1. The number of likely N-dealkylation sites (tertiary alicyclic amines) is 1. The zero-order chi connectivity index (χ0) is 19.1. The summed E-state index contributed by atoms with van der Waals surface area (Å²) in [6, 6.07) is 11.8. The molecule has 2 aromatic rings. The molecule has 4 nitrogen and oxygen atoms in total. The fourth-order valence-electron chi connectivity index (χ4n) is 3.18. The molecule has 0 aliphatic carbocycles. The second kappa shape index (κ2) is 9.46. The van der Waals surface area contributed by atoms with Crippen LogP contribution in [0.25, 0.3) is 0 Å². The van der Waals surface area contributed by atoms with Gasteiger partial charge in [-0.05, 0) is 67.8 Å². The Balaban J connectivity index is 1.32. The van der Waals surface area contributed by atoms with Crippen molar-refractivity contribution in [3.8, 4) is 5.75 Å². The smallest absolute Gasteiger partial charge is 0.251 e. The van der Waals surface area contributed by atoms with E-state index in [1.807, 2.05) is 0 Å². The lowest BCUT2D eigenvalue weighted by Crippen LogP contribution is -2.45. The van der Waals surface area contributed by atoms with Crippen molar-refractivity contribution in [3.63, 3.8) is 0 Å². The highest BCUT2D eigenvalue weighted by Gasteiger charge is 2.20. The molecule has 0 spiro atoms. The Bertz CT molecular complexity index is 727. The summed E-state index contributed by atoms with van der Waals surface area (Å²) < 4.78 is 31.4. The Kier molecular flexibility index (Phi) is 6.76. The number of rotatable bonds is 7. The van der Waals surface area contributed by atoms with Crippen molar-refractivity contribution in [2.24, 2.45) is 0 Å². The van der Waals surface area contributed by atoms with Gasteiger partial charge in [-0.15, -0.1) is 0 Å². The summed E-state index contributed by atoms with van der Waals surface area (Å²) in [5.74, 6) is -0.0835. The van der Waals surface area contributed by atoms with Crippen molar-refractivity contribution in [1.29, 1.82) is 0 Å². The summed E-state index contributed by atoms with van der Waals surface area (Å²) in [6.45, 7) is 3.36. The summed E-state index contributed by atoms with van der Waals surface area (Å²) in [6.07, 6.45) is 2.68. The van der Waals surface area contributed by atoms with Gasteiger partial charge >= 0.3 is 0 Å². The molecule has 3 rings (SSSR count). The average Bonchev–Trinajstić information content (AvgIpc) is 2.68. The molecule has 27 heavy (non-hydrogen) atoms. The number of nitrogens with zero attached hydrogens (tertiary/aromatic N) is 1. The van der Waals surface area contributed by atoms with Crippen molar-refractivity contribution in [1.82, 2.24) is 10.2 Å². The van der Waals surface area contributed by atoms with Crippen LogP contribution in [0.15, 0.2) is 48.5 Å². The van der Waals surface area contributed by atoms with Crippen LogP contribution in [-0.2, 0) is 0 Å². The number of carbonyl (C=O) groups is 1. The molecule has 0 unspecified atom stereocenters. The predicted molar refractivity (Wildman–Crippen MR) is 99.8 cm³/mol. The van der Waals surface area contributed by atoms with Gasteiger partial charge in [0.1, 0.15) is 17.4 Å². The van der Waals surface area contributed by atoms with Gasteiger partial charge in [-0.2, -0.15) is 0 Å². The molecule has 1 saturated heterocycles. The Hall–Kier alpha value is -2.47. The lowest BCUT2D eigenvalue weighted by Gasteiger charge is -2.32. The summed E-state index contributed by atoms with van der Waals surface area (Å²) in [4.78, 5) is 14.5. The third-order valence-electron chi connectivity index (χ3n) is 4.73. The number of halogens is 2. The van der Waals surface area contributed by atoms with E-state index in [2.05, 4.69) is 10.2 Å². The van der Waals surface area contributed by atoms with E-state index in [-0.39, 0.29) is 23.6 Å². The van der Waals surface area contributed by atoms with E-state index < -0.39 is 0 Å². The average molecular weight is 374 g/mol. The largest absolute Gasteiger partial charge is 0.494 e. The minimum absolute atomic E-state index is 0.147. The van der Waals surface area contributed by atoms with Crippen molar-refractivity contribution in [2.75, 3.05) is 26.2 Å². The van der Waals surface area contributed by atoms with Crippen LogP contribution >= 0.6 is 0 Å². The normalized spacial score (nSPS) is 15.5. The standard InChI is InChI=1S/C21H24F2N2O2/c22-17-4-2-16(3-5-17)21(26)24-19-10-13-25(14-11-19)12-1-15-27-20-8-6-18(23)7-9-20/h2-9,19H,1,10-15H2,(H,24,26). The van der Waals surface area contributed by atoms with Crippen molar-refractivity contribution >= 4 is 5.91 Å². The highest BCUT2D eigenvalue weighted by atomic mass is 19.1. The quantitative estimate of drug-likeness (QED) is 0.753. The Morgan fingerprint density at radius 1 is 1.00 bits per heavy atom. The lowest BCUT2D eigenvalue weighted by atomic mass is 10.0. The highest BCUT2D eigenvalue weighted by Crippen LogP contribution is 2.14. The number of nitrogens with one attached hydrogen (secondary N) is 1. The number of carbonyl (C=O) groups excluding carboxylic acids is 1. The summed E-state index contributed by atoms with van der Waals surface area (Å²) in [5.41, 5.74) is 0.483. The van der Waals surface area contributed by atoms with Crippen molar-refractivity contribution in [3.05, 3.63) is 65.7 Å². The zero-order valence-electron chi connectivity index (χ0n) is 15.2. The lowest BCUT2D eigenvalue weighted by molar-refractivity contribution is 0.0909. The first-order valence-electron chi connectivity index (χ1n) is 9.27. The molecule has 1 amide bonds. The van der Waals surface area contributed by atoms with E-state index in [9.17, 15) is 13.6 Å². The minimum Gasteiger partial charge on any atom is -0.494 e. The number of amides is 1. The number of ether oxygens (including phenoxy) is 1. The fourth-order valence-corrected chi connectivity index (χ4v) is 3.18. The third kappa shape index (κ3) is 6.03. The van der Waals surface area contributed by atoms with Gasteiger partial charge in [-0.3, -0.25) is 4.79 Å². The second-order valence-corrected chi connectivity index (χ2v) is 6.75.